The maximum absolute atomic E-state index is 11.8. The van der Waals surface area contributed by atoms with Crippen LogP contribution in [0.5, 0.6) is 0 Å². The maximum atomic E-state index is 11.8. The van der Waals surface area contributed by atoms with Gasteiger partial charge in [0.1, 0.15) is 0 Å². The molecule has 3 N–H and O–H groups in total. The van der Waals surface area contributed by atoms with E-state index in [1.807, 2.05) is 6.92 Å². The highest BCUT2D eigenvalue weighted by Gasteiger charge is 2.14. The molecular weight excluding hydrogens is 356 g/mol. The zero-order valence-electron chi connectivity index (χ0n) is 16.0. The van der Waals surface area contributed by atoms with Crippen molar-refractivity contribution in [1.29, 1.82) is 0 Å². The molecule has 1 aliphatic heterocycles. The second kappa shape index (κ2) is 9.80. The van der Waals surface area contributed by atoms with E-state index in [2.05, 4.69) is 20.3 Å². The SMILES string of the molecule is CCCn1cc(N=CC(=CN)c2cnc(NC3CCOCC3)nc2)ccc1=O. The molecule has 0 unspecified atom stereocenters. The van der Waals surface area contributed by atoms with E-state index < -0.39 is 0 Å². The van der Waals surface area contributed by atoms with Crippen molar-refractivity contribution in [3.05, 3.63) is 52.8 Å². The monoisotopic (exact) mass is 382 g/mol. The summed E-state index contributed by atoms with van der Waals surface area (Å²) in [4.78, 5) is 25.0. The summed E-state index contributed by atoms with van der Waals surface area (Å²) in [5.41, 5.74) is 7.89. The van der Waals surface area contributed by atoms with Crippen LogP contribution in [0.4, 0.5) is 11.6 Å². The summed E-state index contributed by atoms with van der Waals surface area (Å²) in [7, 11) is 0. The van der Waals surface area contributed by atoms with Gasteiger partial charge in [0.15, 0.2) is 0 Å². The average molecular weight is 382 g/mol. The Morgan fingerprint density at radius 1 is 1.36 bits per heavy atom. The Balaban J connectivity index is 1.68. The van der Waals surface area contributed by atoms with Gasteiger partial charge in [0.2, 0.25) is 5.95 Å². The third kappa shape index (κ3) is 5.26. The zero-order valence-corrected chi connectivity index (χ0v) is 16.0. The third-order valence-corrected chi connectivity index (χ3v) is 4.50. The minimum Gasteiger partial charge on any atom is -0.404 e. The predicted octanol–water partition coefficient (Wildman–Crippen LogP) is 2.34. The van der Waals surface area contributed by atoms with Gasteiger partial charge in [-0.25, -0.2) is 9.97 Å². The highest BCUT2D eigenvalue weighted by molar-refractivity contribution is 6.10. The van der Waals surface area contributed by atoms with Crippen LogP contribution in [0.1, 0.15) is 31.7 Å². The van der Waals surface area contributed by atoms with Gasteiger partial charge < -0.3 is 20.4 Å². The second-order valence-electron chi connectivity index (χ2n) is 6.63. The van der Waals surface area contributed by atoms with E-state index >= 15 is 0 Å². The highest BCUT2D eigenvalue weighted by atomic mass is 16.5. The molecule has 3 heterocycles. The lowest BCUT2D eigenvalue weighted by Crippen LogP contribution is -2.28. The number of aliphatic imine (C=N–C) groups is 1. The number of aryl methyl sites for hydroxylation is 1. The Hall–Kier alpha value is -3.00. The molecule has 0 aliphatic carbocycles. The van der Waals surface area contributed by atoms with E-state index in [0.717, 1.165) is 38.0 Å². The number of rotatable bonds is 7. The van der Waals surface area contributed by atoms with Crippen molar-refractivity contribution in [1.82, 2.24) is 14.5 Å². The summed E-state index contributed by atoms with van der Waals surface area (Å²) < 4.78 is 7.01. The van der Waals surface area contributed by atoms with Crippen molar-refractivity contribution in [2.24, 2.45) is 10.7 Å². The number of nitrogens with one attached hydrogen (secondary N) is 1. The second-order valence-corrected chi connectivity index (χ2v) is 6.63. The molecule has 28 heavy (non-hydrogen) atoms. The molecule has 1 aliphatic rings. The molecule has 148 valence electrons. The van der Waals surface area contributed by atoms with Gasteiger partial charge in [-0.15, -0.1) is 0 Å². The van der Waals surface area contributed by atoms with Gasteiger partial charge in [-0.05, 0) is 25.3 Å². The molecular formula is C20H26N6O2. The fourth-order valence-electron chi connectivity index (χ4n) is 2.94. The number of ether oxygens (including phenoxy) is 1. The first kappa shape index (κ1) is 19.8. The van der Waals surface area contributed by atoms with Gasteiger partial charge in [0.05, 0.1) is 5.69 Å². The summed E-state index contributed by atoms with van der Waals surface area (Å²) >= 11 is 0. The summed E-state index contributed by atoms with van der Waals surface area (Å²) in [5, 5.41) is 3.33. The van der Waals surface area contributed by atoms with Crippen LogP contribution in [0, 0.1) is 0 Å². The topological polar surface area (TPSA) is 107 Å². The lowest BCUT2D eigenvalue weighted by molar-refractivity contribution is 0.0903. The van der Waals surface area contributed by atoms with Crippen molar-refractivity contribution >= 4 is 23.4 Å². The minimum atomic E-state index is -0.0311. The van der Waals surface area contributed by atoms with Crippen LogP contribution in [-0.4, -0.2) is 40.0 Å². The Labute approximate surface area is 164 Å². The summed E-state index contributed by atoms with van der Waals surface area (Å²) in [6.07, 6.45) is 11.1. The standard InChI is InChI=1S/C20H26N6O2/c1-2-7-26-14-18(3-4-19(26)27)22-11-15(10-21)16-12-23-20(24-13-16)25-17-5-8-28-9-6-17/h3-4,10-14,17H,2,5-9,21H2,1H3,(H,23,24,25). The third-order valence-electron chi connectivity index (χ3n) is 4.50. The van der Waals surface area contributed by atoms with Crippen LogP contribution >= 0.6 is 0 Å². The first-order valence-corrected chi connectivity index (χ1v) is 9.52. The van der Waals surface area contributed by atoms with E-state index in [1.54, 1.807) is 35.4 Å². The molecule has 1 saturated heterocycles. The van der Waals surface area contributed by atoms with Crippen molar-refractivity contribution in [2.75, 3.05) is 18.5 Å². The molecule has 0 saturated carbocycles. The van der Waals surface area contributed by atoms with Gasteiger partial charge in [-0.1, -0.05) is 6.92 Å². The van der Waals surface area contributed by atoms with Crippen LogP contribution in [-0.2, 0) is 11.3 Å². The number of nitrogens with two attached hydrogens (primary N) is 1. The first-order chi connectivity index (χ1) is 13.7. The van der Waals surface area contributed by atoms with E-state index in [0.29, 0.717) is 29.8 Å². The number of allylic oxidation sites excluding steroid dienone is 1. The van der Waals surface area contributed by atoms with Crippen LogP contribution in [0.15, 0.2) is 46.7 Å². The lowest BCUT2D eigenvalue weighted by Gasteiger charge is -2.22. The van der Waals surface area contributed by atoms with Crippen molar-refractivity contribution in [2.45, 2.75) is 38.8 Å². The predicted molar refractivity (Wildman–Crippen MR) is 111 cm³/mol. The van der Waals surface area contributed by atoms with Crippen LogP contribution in [0.25, 0.3) is 5.57 Å². The number of aromatic nitrogens is 3. The Kier molecular flexibility index (Phi) is 6.91. The smallest absolute Gasteiger partial charge is 0.250 e. The molecule has 0 bridgehead atoms. The Morgan fingerprint density at radius 3 is 2.79 bits per heavy atom. The van der Waals surface area contributed by atoms with Crippen LogP contribution in [0.3, 0.4) is 0 Å². The van der Waals surface area contributed by atoms with E-state index in [4.69, 9.17) is 10.5 Å². The molecule has 8 heteroatoms. The molecule has 0 aromatic carbocycles. The number of anilines is 1. The summed E-state index contributed by atoms with van der Waals surface area (Å²) in [6, 6.07) is 3.55. The van der Waals surface area contributed by atoms with Gasteiger partial charge >= 0.3 is 0 Å². The average Bonchev–Trinajstić information content (AvgIpc) is 2.73. The molecule has 0 amide bonds. The van der Waals surface area contributed by atoms with Gasteiger partial charge in [0, 0.05) is 74.0 Å². The number of pyridine rings is 1. The minimum absolute atomic E-state index is 0.0311. The van der Waals surface area contributed by atoms with Crippen molar-refractivity contribution in [3.8, 4) is 0 Å². The van der Waals surface area contributed by atoms with Gasteiger partial charge in [-0.3, -0.25) is 9.79 Å². The van der Waals surface area contributed by atoms with Crippen LogP contribution < -0.4 is 16.6 Å². The molecule has 2 aromatic rings. The fraction of sp³-hybridized carbons (Fsp3) is 0.400. The number of hydrogen-bond acceptors (Lipinski definition) is 7. The molecule has 8 nitrogen and oxygen atoms in total. The molecule has 1 fully saturated rings. The molecule has 0 spiro atoms. The molecule has 2 aromatic heterocycles. The van der Waals surface area contributed by atoms with Gasteiger partial charge in [0.25, 0.3) is 5.56 Å². The first-order valence-electron chi connectivity index (χ1n) is 9.52. The molecule has 0 radical (unpaired) electrons. The van der Waals surface area contributed by atoms with Gasteiger partial charge in [-0.2, -0.15) is 0 Å². The fourth-order valence-corrected chi connectivity index (χ4v) is 2.94. The maximum Gasteiger partial charge on any atom is 0.250 e. The largest absolute Gasteiger partial charge is 0.404 e. The van der Waals surface area contributed by atoms with Crippen LogP contribution in [0.2, 0.25) is 0 Å². The zero-order chi connectivity index (χ0) is 19.8. The Morgan fingerprint density at radius 2 is 2.11 bits per heavy atom. The highest BCUT2D eigenvalue weighted by Crippen LogP contribution is 2.16. The lowest BCUT2D eigenvalue weighted by atomic mass is 10.1. The number of nitrogens with zero attached hydrogens (tertiary/aromatic N) is 4. The quantitative estimate of drug-likeness (QED) is 0.712. The van der Waals surface area contributed by atoms with E-state index in [-0.39, 0.29) is 5.56 Å². The van der Waals surface area contributed by atoms with E-state index in [1.165, 1.54) is 12.3 Å². The summed E-state index contributed by atoms with van der Waals surface area (Å²) in [6.45, 7) is 4.21. The Bertz CT molecular complexity index is 882. The molecule has 0 atom stereocenters. The summed E-state index contributed by atoms with van der Waals surface area (Å²) in [5.74, 6) is 0.593. The molecule has 3 rings (SSSR count). The normalized spacial score (nSPS) is 15.8. The van der Waals surface area contributed by atoms with Crippen molar-refractivity contribution in [3.63, 3.8) is 0 Å². The number of hydrogen-bond donors (Lipinski definition) is 2. The van der Waals surface area contributed by atoms with Crippen molar-refractivity contribution < 1.29 is 4.74 Å². The van der Waals surface area contributed by atoms with E-state index in [9.17, 15) is 4.79 Å².